The molecule has 0 unspecified atom stereocenters. The van der Waals surface area contributed by atoms with Gasteiger partial charge < -0.3 is 0 Å². The third kappa shape index (κ3) is 50.8. The number of hydrogen-bond donors (Lipinski definition) is 0. The van der Waals surface area contributed by atoms with Crippen molar-refractivity contribution in [3.8, 4) is 0 Å². The molecule has 0 saturated carbocycles. The summed E-state index contributed by atoms with van der Waals surface area (Å²) in [4.78, 5) is 0. The molecule has 0 N–H and O–H groups in total. The maximum Gasteiger partial charge on any atom is 0.180 e. The topological polar surface area (TPSA) is 0 Å². The lowest BCUT2D eigenvalue weighted by atomic mass is 10.2. The van der Waals surface area contributed by atoms with Crippen LogP contribution in [0.15, 0.2) is 0 Å². The van der Waals surface area contributed by atoms with E-state index < -0.39 is 4.30 Å². The average molecular weight is 191 g/mol. The maximum absolute atomic E-state index is 4.81. The van der Waals surface area contributed by atoms with Crippen LogP contribution >= 0.6 is 34.8 Å². The highest BCUT2D eigenvalue weighted by Crippen LogP contribution is 2.03. The van der Waals surface area contributed by atoms with E-state index in [1.807, 2.05) is 0 Å². The second kappa shape index (κ2) is 8.87. The van der Waals surface area contributed by atoms with Crippen LogP contribution in [0, 0.1) is 12.8 Å². The fourth-order valence-corrected chi connectivity index (χ4v) is 0. The molecule has 0 amide bonds. The molecule has 3 heteroatoms. The molecule has 0 bridgehead atoms. The summed E-state index contributed by atoms with van der Waals surface area (Å²) in [7, 11) is 0. The Bertz CT molecular complexity index is 40.8. The van der Waals surface area contributed by atoms with Crippen molar-refractivity contribution in [3.63, 3.8) is 0 Å². The zero-order chi connectivity index (χ0) is 7.86. The Kier molecular flexibility index (Phi) is 12.4. The summed E-state index contributed by atoms with van der Waals surface area (Å²) in [5.41, 5.74) is 0. The molecule has 0 saturated heterocycles. The molecule has 0 aliphatic heterocycles. The van der Waals surface area contributed by atoms with Gasteiger partial charge in [0.1, 0.15) is 0 Å². The first-order chi connectivity index (χ1) is 4.00. The van der Waals surface area contributed by atoms with Gasteiger partial charge in [-0.1, -0.05) is 62.0 Å². The summed E-state index contributed by atoms with van der Waals surface area (Å²) in [6.07, 6.45) is 1.06. The molecule has 0 aliphatic carbocycles. The Morgan fingerprint density at radius 2 is 1.33 bits per heavy atom. The van der Waals surface area contributed by atoms with Crippen molar-refractivity contribution < 1.29 is 0 Å². The summed E-state index contributed by atoms with van der Waals surface area (Å²) >= 11 is 14.4. The van der Waals surface area contributed by atoms with Crippen molar-refractivity contribution in [3.05, 3.63) is 6.92 Å². The van der Waals surface area contributed by atoms with E-state index in [9.17, 15) is 0 Å². The quantitative estimate of drug-likeness (QED) is 0.551. The van der Waals surface area contributed by atoms with Crippen LogP contribution in [-0.2, 0) is 0 Å². The third-order valence-electron chi connectivity index (χ3n) is 0.577. The van der Waals surface area contributed by atoms with Crippen LogP contribution in [-0.4, -0.2) is 4.30 Å². The van der Waals surface area contributed by atoms with E-state index in [0.717, 1.165) is 12.3 Å². The summed E-state index contributed by atoms with van der Waals surface area (Å²) in [6, 6.07) is 0. The molecular formula is C6H12Cl3. The highest BCUT2D eigenvalue weighted by molar-refractivity contribution is 6.63. The van der Waals surface area contributed by atoms with Gasteiger partial charge in [-0.2, -0.15) is 0 Å². The zero-order valence-electron chi connectivity index (χ0n) is 5.70. The van der Waals surface area contributed by atoms with Crippen molar-refractivity contribution in [1.82, 2.24) is 0 Å². The predicted molar refractivity (Wildman–Crippen MR) is 46.2 cm³/mol. The van der Waals surface area contributed by atoms with E-state index in [2.05, 4.69) is 20.8 Å². The van der Waals surface area contributed by atoms with Gasteiger partial charge in [0.2, 0.25) is 0 Å². The number of rotatable bonds is 1. The monoisotopic (exact) mass is 189 g/mol. The van der Waals surface area contributed by atoms with Crippen molar-refractivity contribution in [2.24, 2.45) is 5.92 Å². The van der Waals surface area contributed by atoms with Gasteiger partial charge in [-0.05, 0) is 5.92 Å². The molecule has 0 atom stereocenters. The first-order valence-electron chi connectivity index (χ1n) is 2.72. The molecule has 0 spiro atoms. The van der Waals surface area contributed by atoms with E-state index >= 15 is 0 Å². The third-order valence-corrected chi connectivity index (χ3v) is 0.577. The standard InChI is InChI=1S/C5H11.CHCl3/c1-4-5(2)3;2-1(3)4/h5H,1,4H2,2-3H3;1H. The van der Waals surface area contributed by atoms with Gasteiger partial charge in [-0.15, -0.1) is 0 Å². The second-order valence-corrected chi connectivity index (χ2v) is 3.91. The van der Waals surface area contributed by atoms with Crippen molar-refractivity contribution in [1.29, 1.82) is 0 Å². The van der Waals surface area contributed by atoms with E-state index in [1.54, 1.807) is 0 Å². The molecule has 0 fully saturated rings. The predicted octanol–water partition coefficient (Wildman–Crippen LogP) is 3.85. The van der Waals surface area contributed by atoms with Crippen LogP contribution < -0.4 is 0 Å². The summed E-state index contributed by atoms with van der Waals surface area (Å²) in [6.45, 7) is 8.00. The van der Waals surface area contributed by atoms with Crippen LogP contribution in [0.1, 0.15) is 20.3 Å². The smallest absolute Gasteiger partial charge is 0.0874 e. The SMILES string of the molecule is ClC(Cl)Cl.[CH2]CC(C)C. The highest BCUT2D eigenvalue weighted by atomic mass is 35.6. The van der Waals surface area contributed by atoms with Crippen LogP contribution in [0.3, 0.4) is 0 Å². The molecule has 0 aliphatic rings. The number of alkyl halides is 3. The molecule has 0 aromatic rings. The first kappa shape index (κ1) is 12.5. The fraction of sp³-hybridized carbons (Fsp3) is 0.833. The van der Waals surface area contributed by atoms with E-state index in [4.69, 9.17) is 34.8 Å². The summed E-state index contributed by atoms with van der Waals surface area (Å²) < 4.78 is -0.750. The second-order valence-electron chi connectivity index (χ2n) is 1.93. The van der Waals surface area contributed by atoms with Gasteiger partial charge >= 0.3 is 0 Å². The van der Waals surface area contributed by atoms with Gasteiger partial charge in [0, 0.05) is 0 Å². The van der Waals surface area contributed by atoms with E-state index in [1.165, 1.54) is 0 Å². The molecule has 0 nitrogen and oxygen atoms in total. The van der Waals surface area contributed by atoms with Gasteiger partial charge in [0.05, 0.1) is 0 Å². The van der Waals surface area contributed by atoms with Crippen LogP contribution in [0.4, 0.5) is 0 Å². The van der Waals surface area contributed by atoms with Gasteiger partial charge in [-0.3, -0.25) is 0 Å². The lowest BCUT2D eigenvalue weighted by Crippen LogP contribution is -1.77. The van der Waals surface area contributed by atoms with Gasteiger partial charge in [0.15, 0.2) is 4.30 Å². The lowest BCUT2D eigenvalue weighted by molar-refractivity contribution is 0.661. The van der Waals surface area contributed by atoms with Crippen LogP contribution in [0.2, 0.25) is 0 Å². The molecule has 0 heterocycles. The van der Waals surface area contributed by atoms with Gasteiger partial charge in [0.25, 0.3) is 0 Å². The first-order valence-corrected chi connectivity index (χ1v) is 4.03. The summed E-state index contributed by atoms with van der Waals surface area (Å²) in [5.74, 6) is 0.773. The van der Waals surface area contributed by atoms with Crippen molar-refractivity contribution in [2.75, 3.05) is 0 Å². The molecule has 0 aromatic heterocycles. The normalized spacial score (nSPS) is 9.33. The van der Waals surface area contributed by atoms with Crippen molar-refractivity contribution >= 4 is 34.8 Å². The van der Waals surface area contributed by atoms with Crippen molar-refractivity contribution in [2.45, 2.75) is 24.6 Å². The Hall–Kier alpha value is 0.870. The van der Waals surface area contributed by atoms with E-state index in [-0.39, 0.29) is 0 Å². The lowest BCUT2D eigenvalue weighted by Gasteiger charge is -1.90. The summed E-state index contributed by atoms with van der Waals surface area (Å²) in [5, 5.41) is 0. The Morgan fingerprint density at radius 1 is 1.22 bits per heavy atom. The van der Waals surface area contributed by atoms with E-state index in [0.29, 0.717) is 0 Å². The molecule has 1 radical (unpaired) electrons. The maximum atomic E-state index is 4.81. The van der Waals surface area contributed by atoms with Crippen LogP contribution in [0.25, 0.3) is 0 Å². The number of halogens is 3. The Labute approximate surface area is 72.5 Å². The Balaban J connectivity index is 0. The molecular weight excluding hydrogens is 178 g/mol. The minimum absolute atomic E-state index is 0.750. The average Bonchev–Trinajstić information content (AvgIpc) is 1.65. The minimum Gasteiger partial charge on any atom is -0.0874 e. The van der Waals surface area contributed by atoms with Gasteiger partial charge in [-0.25, -0.2) is 0 Å². The number of hydrogen-bond acceptors (Lipinski definition) is 0. The molecule has 0 rings (SSSR count). The molecule has 57 valence electrons. The zero-order valence-corrected chi connectivity index (χ0v) is 7.97. The highest BCUT2D eigenvalue weighted by Gasteiger charge is 1.80. The van der Waals surface area contributed by atoms with Crippen LogP contribution in [0.5, 0.6) is 0 Å². The Morgan fingerprint density at radius 3 is 1.33 bits per heavy atom. The molecule has 9 heavy (non-hydrogen) atoms. The fourth-order valence-electron chi connectivity index (χ4n) is 0. The largest absolute Gasteiger partial charge is 0.180 e. The minimum atomic E-state index is -0.750. The molecule has 0 aromatic carbocycles.